The molecule has 12 heteroatoms. The summed E-state index contributed by atoms with van der Waals surface area (Å²) in [4.78, 5) is 33.1. The van der Waals surface area contributed by atoms with Gasteiger partial charge < -0.3 is 24.7 Å². The Morgan fingerprint density at radius 3 is 2.88 bits per heavy atom. The molecule has 7 rings (SSSR count). The highest BCUT2D eigenvalue weighted by Crippen LogP contribution is 2.42. The van der Waals surface area contributed by atoms with Gasteiger partial charge in [-0.05, 0) is 38.6 Å². The Bertz CT molecular complexity index is 1660. The van der Waals surface area contributed by atoms with Crippen molar-refractivity contribution >= 4 is 28.3 Å². The summed E-state index contributed by atoms with van der Waals surface area (Å²) >= 11 is 0. The van der Waals surface area contributed by atoms with Crippen LogP contribution in [0.4, 0.5) is 20.3 Å². The van der Waals surface area contributed by atoms with Crippen LogP contribution in [0.25, 0.3) is 10.9 Å². The first-order valence-electron chi connectivity index (χ1n) is 14.7. The van der Waals surface area contributed by atoms with Gasteiger partial charge >= 0.3 is 6.01 Å². The Kier molecular flexibility index (Phi) is 6.82. The molecule has 0 saturated carbocycles. The molecule has 0 spiro atoms. The number of aliphatic hydroxyl groups is 1. The number of phenolic OH excluding ortho intramolecular Hbond substituents is 1. The second-order valence-electron chi connectivity index (χ2n) is 12.0. The normalized spacial score (nSPS) is 25.6. The van der Waals surface area contributed by atoms with Crippen LogP contribution in [0.15, 0.2) is 18.3 Å². The van der Waals surface area contributed by atoms with Gasteiger partial charge in [-0.3, -0.25) is 14.7 Å². The Labute approximate surface area is 247 Å². The minimum Gasteiger partial charge on any atom is -0.508 e. The van der Waals surface area contributed by atoms with E-state index >= 15 is 0 Å². The molecular formula is C31H32F2N6O4. The van der Waals surface area contributed by atoms with Crippen molar-refractivity contribution in [3.63, 3.8) is 0 Å². The third kappa shape index (κ3) is 4.71. The Morgan fingerprint density at radius 1 is 1.19 bits per heavy atom. The number of carbonyl (C=O) groups excluding carboxylic acids is 1. The van der Waals surface area contributed by atoms with Crippen molar-refractivity contribution in [1.82, 2.24) is 19.9 Å². The number of ether oxygens (including phenoxy) is 1. The van der Waals surface area contributed by atoms with Crippen LogP contribution in [-0.4, -0.2) is 86.6 Å². The van der Waals surface area contributed by atoms with E-state index < -0.39 is 29.5 Å². The first-order valence-corrected chi connectivity index (χ1v) is 14.7. The average Bonchev–Trinajstić information content (AvgIpc) is 3.56. The van der Waals surface area contributed by atoms with Gasteiger partial charge in [0.2, 0.25) is 0 Å². The number of aliphatic hydroxyl groups excluding tert-OH is 1. The maximum Gasteiger partial charge on any atom is 0.318 e. The van der Waals surface area contributed by atoms with E-state index in [-0.39, 0.29) is 52.6 Å². The van der Waals surface area contributed by atoms with Gasteiger partial charge in [0.25, 0.3) is 5.91 Å². The molecular weight excluding hydrogens is 558 g/mol. The third-order valence-electron chi connectivity index (χ3n) is 9.26. The molecule has 2 N–H and O–H groups in total. The van der Waals surface area contributed by atoms with Crippen LogP contribution in [0.3, 0.4) is 0 Å². The highest BCUT2D eigenvalue weighted by molar-refractivity contribution is 6.16. The summed E-state index contributed by atoms with van der Waals surface area (Å²) in [5, 5.41) is 21.0. The molecule has 3 aromatic rings. The van der Waals surface area contributed by atoms with Crippen LogP contribution in [0.2, 0.25) is 0 Å². The molecule has 3 atom stereocenters. The first-order chi connectivity index (χ1) is 20.8. The number of alkyl halides is 1. The molecule has 0 unspecified atom stereocenters. The molecule has 4 aliphatic rings. The highest BCUT2D eigenvalue weighted by atomic mass is 19.1. The lowest BCUT2D eigenvalue weighted by Gasteiger charge is -2.31. The number of hydrogen-bond acceptors (Lipinski definition) is 9. The van der Waals surface area contributed by atoms with Gasteiger partial charge in [0.15, 0.2) is 5.82 Å². The fourth-order valence-electron chi connectivity index (χ4n) is 7.21. The van der Waals surface area contributed by atoms with Crippen molar-refractivity contribution in [1.29, 1.82) is 0 Å². The second kappa shape index (κ2) is 10.6. The van der Waals surface area contributed by atoms with Crippen molar-refractivity contribution in [3.8, 4) is 24.1 Å². The van der Waals surface area contributed by atoms with E-state index in [1.165, 1.54) is 17.0 Å². The van der Waals surface area contributed by atoms with Crippen LogP contribution in [0.5, 0.6) is 11.8 Å². The summed E-state index contributed by atoms with van der Waals surface area (Å²) < 4.78 is 35.3. The summed E-state index contributed by atoms with van der Waals surface area (Å²) in [7, 11) is 0. The van der Waals surface area contributed by atoms with Crippen LogP contribution in [0, 0.1) is 18.2 Å². The SMILES string of the molecule is C#Cc1c(F)cnc2cc(O)cc(N3Cc4nc(OC[C@@]56CCCN5C[C@H](F)C6)nc(N5CCC[C@H](O)CC5)c4C3=O)c12. The molecule has 6 heterocycles. The molecule has 43 heavy (non-hydrogen) atoms. The fourth-order valence-corrected chi connectivity index (χ4v) is 7.21. The van der Waals surface area contributed by atoms with E-state index in [4.69, 9.17) is 16.1 Å². The van der Waals surface area contributed by atoms with E-state index in [2.05, 4.69) is 20.8 Å². The molecule has 224 valence electrons. The molecule has 1 amide bonds. The zero-order valence-corrected chi connectivity index (χ0v) is 23.6. The molecule has 4 aliphatic heterocycles. The monoisotopic (exact) mass is 590 g/mol. The highest BCUT2D eigenvalue weighted by Gasteiger charge is 2.49. The predicted molar refractivity (Wildman–Crippen MR) is 154 cm³/mol. The molecule has 3 fully saturated rings. The fraction of sp³-hybridized carbons (Fsp3) is 0.484. The number of carbonyl (C=O) groups is 1. The van der Waals surface area contributed by atoms with Gasteiger partial charge in [-0.15, -0.1) is 6.42 Å². The number of terminal acetylenes is 1. The van der Waals surface area contributed by atoms with Crippen LogP contribution < -0.4 is 14.5 Å². The van der Waals surface area contributed by atoms with E-state index in [1.54, 1.807) is 0 Å². The van der Waals surface area contributed by atoms with E-state index in [0.717, 1.165) is 25.6 Å². The van der Waals surface area contributed by atoms with Gasteiger partial charge in [0.1, 0.15) is 29.9 Å². The maximum atomic E-state index is 14.7. The number of halogens is 2. The lowest BCUT2D eigenvalue weighted by molar-refractivity contribution is 0.0996. The minimum atomic E-state index is -0.903. The topological polar surface area (TPSA) is 115 Å². The van der Waals surface area contributed by atoms with Gasteiger partial charge in [-0.1, -0.05) is 5.92 Å². The number of rotatable bonds is 5. The number of fused-ring (bicyclic) bond motifs is 3. The van der Waals surface area contributed by atoms with Crippen LogP contribution in [0.1, 0.15) is 60.1 Å². The summed E-state index contributed by atoms with van der Waals surface area (Å²) in [5.41, 5.74) is 0.667. The minimum absolute atomic E-state index is 0.000584. The lowest BCUT2D eigenvalue weighted by atomic mass is 9.95. The smallest absolute Gasteiger partial charge is 0.318 e. The van der Waals surface area contributed by atoms with Crippen molar-refractivity contribution in [3.05, 3.63) is 41.0 Å². The summed E-state index contributed by atoms with van der Waals surface area (Å²) in [6, 6.07) is 2.82. The molecule has 3 saturated heterocycles. The zero-order valence-electron chi connectivity index (χ0n) is 23.6. The molecule has 10 nitrogen and oxygen atoms in total. The number of amides is 1. The van der Waals surface area contributed by atoms with Gasteiger partial charge in [0.05, 0.1) is 46.8 Å². The van der Waals surface area contributed by atoms with Crippen molar-refractivity contribution in [2.45, 2.75) is 62.9 Å². The van der Waals surface area contributed by atoms with Gasteiger partial charge in [-0.25, -0.2) is 8.78 Å². The molecule has 0 radical (unpaired) electrons. The van der Waals surface area contributed by atoms with E-state index in [1.807, 2.05) is 4.90 Å². The largest absolute Gasteiger partial charge is 0.508 e. The number of anilines is 2. The third-order valence-corrected chi connectivity index (χ3v) is 9.26. The molecule has 0 bridgehead atoms. The Morgan fingerprint density at radius 2 is 2.05 bits per heavy atom. The number of hydrogen-bond donors (Lipinski definition) is 2. The molecule has 2 aromatic heterocycles. The van der Waals surface area contributed by atoms with Crippen molar-refractivity contribution in [2.75, 3.05) is 42.6 Å². The van der Waals surface area contributed by atoms with E-state index in [9.17, 15) is 23.8 Å². The number of benzene rings is 1. The number of nitrogens with zero attached hydrogens (tertiary/aromatic N) is 6. The predicted octanol–water partition coefficient (Wildman–Crippen LogP) is 3.32. The number of pyridine rings is 1. The van der Waals surface area contributed by atoms with Crippen molar-refractivity contribution in [2.24, 2.45) is 0 Å². The second-order valence-corrected chi connectivity index (χ2v) is 12.0. The first kappa shape index (κ1) is 27.7. The van der Waals surface area contributed by atoms with Gasteiger partial charge in [-0.2, -0.15) is 9.97 Å². The zero-order chi connectivity index (χ0) is 29.9. The Balaban J connectivity index is 1.29. The Hall–Kier alpha value is -4.08. The summed E-state index contributed by atoms with van der Waals surface area (Å²) in [5.74, 6) is 1.44. The van der Waals surface area contributed by atoms with Crippen LogP contribution in [-0.2, 0) is 6.54 Å². The number of aromatic nitrogens is 3. The van der Waals surface area contributed by atoms with Crippen molar-refractivity contribution < 1.29 is 28.5 Å². The van der Waals surface area contributed by atoms with Crippen LogP contribution >= 0.6 is 0 Å². The quantitative estimate of drug-likeness (QED) is 0.432. The summed E-state index contributed by atoms with van der Waals surface area (Å²) in [6.45, 7) is 2.50. The summed E-state index contributed by atoms with van der Waals surface area (Å²) in [6.07, 6.45) is 9.35. The lowest BCUT2D eigenvalue weighted by Crippen LogP contribution is -2.43. The average molecular weight is 591 g/mol. The molecule has 0 aliphatic carbocycles. The maximum absolute atomic E-state index is 14.7. The molecule has 1 aromatic carbocycles. The number of phenols is 1. The number of aromatic hydroxyl groups is 1. The standard InChI is InChI=1S/C31H32F2N6O4/c1-2-21-22(33)14-34-23-11-20(41)12-25(26(21)23)39-16-24-27(29(39)42)28(37-8-3-5-19(40)6-10-37)36-30(35-24)43-17-31-7-4-9-38(31)15-18(32)13-31/h1,11-12,14,18-19,40-41H,3-10,13,15-17H2/t18-,19+,31+/m1/s1. The van der Waals surface area contributed by atoms with Gasteiger partial charge in [0, 0.05) is 43.6 Å². The van der Waals surface area contributed by atoms with E-state index in [0.29, 0.717) is 56.8 Å².